The first-order valence-electron chi connectivity index (χ1n) is 2.65. The Kier molecular flexibility index (Phi) is 2.04. The van der Waals surface area contributed by atoms with Crippen LogP contribution in [0, 0.1) is 0 Å². The highest BCUT2D eigenvalue weighted by Gasteiger charge is 1.90. The van der Waals surface area contributed by atoms with E-state index in [1.165, 1.54) is 6.20 Å². The largest absolute Gasteiger partial charge is 0.362 e. The Bertz CT molecular complexity index is 170. The molecule has 0 aromatic rings. The van der Waals surface area contributed by atoms with Gasteiger partial charge in [-0.15, -0.1) is 0 Å². The van der Waals surface area contributed by atoms with Gasteiger partial charge in [-0.2, -0.15) is 0 Å². The first-order valence-corrected chi connectivity index (χ1v) is 2.65. The third-order valence-corrected chi connectivity index (χ3v) is 0.923. The van der Waals surface area contributed by atoms with E-state index in [1.54, 1.807) is 18.5 Å². The molecule has 1 heterocycles. The molecule has 1 aliphatic rings. The molecule has 0 amide bonds. The Balaban J connectivity index is 2.62. The fourth-order valence-electron chi connectivity index (χ4n) is 0.497. The standard InChI is InChI=1S/C6H7N2O/c9-5-6-4-7-2-1-3-8-6/h1-4,8H,5H2. The molecule has 0 aromatic carbocycles. The molecule has 47 valence electrons. The van der Waals surface area contributed by atoms with Crippen LogP contribution in [-0.4, -0.2) is 12.8 Å². The van der Waals surface area contributed by atoms with Gasteiger partial charge < -0.3 is 5.32 Å². The molecule has 1 aliphatic heterocycles. The van der Waals surface area contributed by atoms with Crippen LogP contribution in [0.3, 0.4) is 0 Å². The van der Waals surface area contributed by atoms with E-state index in [4.69, 9.17) is 0 Å². The van der Waals surface area contributed by atoms with Crippen molar-refractivity contribution in [2.45, 2.75) is 0 Å². The molecule has 1 radical (unpaired) electrons. The average Bonchev–Trinajstić information content (AvgIpc) is 2.13. The van der Waals surface area contributed by atoms with Crippen LogP contribution in [0.5, 0.6) is 0 Å². The van der Waals surface area contributed by atoms with Gasteiger partial charge in [0, 0.05) is 18.6 Å². The van der Waals surface area contributed by atoms with E-state index in [0.29, 0.717) is 5.70 Å². The zero-order chi connectivity index (χ0) is 6.53. The normalized spacial score (nSPS) is 16.3. The lowest BCUT2D eigenvalue weighted by Crippen LogP contribution is -2.06. The van der Waals surface area contributed by atoms with Gasteiger partial charge in [-0.1, -0.05) is 0 Å². The van der Waals surface area contributed by atoms with E-state index >= 15 is 0 Å². The van der Waals surface area contributed by atoms with Crippen molar-refractivity contribution in [3.05, 3.63) is 24.2 Å². The molecule has 0 bridgehead atoms. The number of nitrogens with one attached hydrogen (secondary N) is 1. The molecule has 0 aromatic heterocycles. The van der Waals surface area contributed by atoms with Crippen molar-refractivity contribution in [1.29, 1.82) is 0 Å². The second-order valence-electron chi connectivity index (χ2n) is 1.60. The van der Waals surface area contributed by atoms with Crippen molar-refractivity contribution >= 4 is 6.21 Å². The minimum atomic E-state index is -0.248. The molecule has 0 atom stereocenters. The van der Waals surface area contributed by atoms with Crippen molar-refractivity contribution in [3.8, 4) is 0 Å². The van der Waals surface area contributed by atoms with Crippen LogP contribution in [-0.2, 0) is 5.11 Å². The number of hydrogen-bond donors (Lipinski definition) is 1. The molecular weight excluding hydrogens is 116 g/mol. The number of aliphatic imine (C=N–C) groups is 1. The second kappa shape index (κ2) is 3.04. The van der Waals surface area contributed by atoms with Crippen LogP contribution >= 0.6 is 0 Å². The maximum Gasteiger partial charge on any atom is 0.124 e. The summed E-state index contributed by atoms with van der Waals surface area (Å²) in [5.74, 6) is 0. The highest BCUT2D eigenvalue weighted by molar-refractivity contribution is 5.72. The number of allylic oxidation sites excluding steroid dienone is 1. The van der Waals surface area contributed by atoms with Gasteiger partial charge in [-0.25, -0.2) is 5.11 Å². The molecule has 9 heavy (non-hydrogen) atoms. The second-order valence-corrected chi connectivity index (χ2v) is 1.60. The van der Waals surface area contributed by atoms with Crippen LogP contribution in [0.4, 0.5) is 0 Å². The average molecular weight is 123 g/mol. The first kappa shape index (κ1) is 6.04. The van der Waals surface area contributed by atoms with Gasteiger partial charge >= 0.3 is 0 Å². The lowest BCUT2D eigenvalue weighted by molar-refractivity contribution is 0.219. The lowest BCUT2D eigenvalue weighted by atomic mass is 10.5. The van der Waals surface area contributed by atoms with Gasteiger partial charge in [-0.3, -0.25) is 4.99 Å². The van der Waals surface area contributed by atoms with Crippen LogP contribution in [0.2, 0.25) is 0 Å². The summed E-state index contributed by atoms with van der Waals surface area (Å²) in [6.45, 7) is -0.248. The topological polar surface area (TPSA) is 44.3 Å². The molecule has 3 heteroatoms. The monoisotopic (exact) mass is 123 g/mol. The Hall–Kier alpha value is -1.09. The van der Waals surface area contributed by atoms with E-state index in [1.807, 2.05) is 0 Å². The van der Waals surface area contributed by atoms with Crippen molar-refractivity contribution in [2.75, 3.05) is 6.61 Å². The smallest absolute Gasteiger partial charge is 0.124 e. The maximum atomic E-state index is 10.2. The summed E-state index contributed by atoms with van der Waals surface area (Å²) in [6, 6.07) is 0. The van der Waals surface area contributed by atoms with Gasteiger partial charge in [0.2, 0.25) is 0 Å². The zero-order valence-corrected chi connectivity index (χ0v) is 4.87. The third kappa shape index (κ3) is 1.70. The van der Waals surface area contributed by atoms with Crippen LogP contribution in [0.25, 0.3) is 0 Å². The Morgan fingerprint density at radius 1 is 1.67 bits per heavy atom. The van der Waals surface area contributed by atoms with E-state index in [2.05, 4.69) is 10.3 Å². The van der Waals surface area contributed by atoms with Gasteiger partial charge in [0.05, 0.1) is 5.70 Å². The fraction of sp³-hybridized carbons (Fsp3) is 0.167. The van der Waals surface area contributed by atoms with Gasteiger partial charge in [0.15, 0.2) is 0 Å². The minimum Gasteiger partial charge on any atom is -0.362 e. The molecular formula is C6H7N2O. The van der Waals surface area contributed by atoms with Crippen LogP contribution < -0.4 is 5.32 Å². The molecule has 3 nitrogen and oxygen atoms in total. The fourth-order valence-corrected chi connectivity index (χ4v) is 0.497. The zero-order valence-electron chi connectivity index (χ0n) is 4.87. The molecule has 1 rings (SSSR count). The lowest BCUT2D eigenvalue weighted by Gasteiger charge is -1.95. The summed E-state index contributed by atoms with van der Waals surface area (Å²) in [5.41, 5.74) is 0.597. The van der Waals surface area contributed by atoms with E-state index in [0.717, 1.165) is 0 Å². The predicted molar refractivity (Wildman–Crippen MR) is 34.4 cm³/mol. The third-order valence-electron chi connectivity index (χ3n) is 0.923. The summed E-state index contributed by atoms with van der Waals surface area (Å²) in [4.78, 5) is 3.79. The summed E-state index contributed by atoms with van der Waals surface area (Å²) in [6.07, 6.45) is 6.56. The predicted octanol–water partition coefficient (Wildman–Crippen LogP) is 0.446. The van der Waals surface area contributed by atoms with Gasteiger partial charge in [0.25, 0.3) is 0 Å². The van der Waals surface area contributed by atoms with E-state index in [9.17, 15) is 5.11 Å². The minimum absolute atomic E-state index is 0.248. The summed E-state index contributed by atoms with van der Waals surface area (Å²) in [5, 5.41) is 13.0. The van der Waals surface area contributed by atoms with E-state index < -0.39 is 0 Å². The Morgan fingerprint density at radius 3 is 3.33 bits per heavy atom. The summed E-state index contributed by atoms with van der Waals surface area (Å²) < 4.78 is 0. The number of hydrogen-bond acceptors (Lipinski definition) is 2. The van der Waals surface area contributed by atoms with E-state index in [-0.39, 0.29) is 6.61 Å². The first-order chi connectivity index (χ1) is 4.43. The summed E-state index contributed by atoms with van der Waals surface area (Å²) >= 11 is 0. The van der Waals surface area contributed by atoms with Crippen molar-refractivity contribution in [1.82, 2.24) is 5.32 Å². The molecule has 0 unspecified atom stereocenters. The molecule has 0 fully saturated rings. The van der Waals surface area contributed by atoms with Crippen molar-refractivity contribution in [2.24, 2.45) is 4.99 Å². The highest BCUT2D eigenvalue weighted by atomic mass is 16.3. The van der Waals surface area contributed by atoms with Crippen molar-refractivity contribution in [3.63, 3.8) is 0 Å². The molecule has 0 saturated heterocycles. The molecule has 1 N–H and O–H groups in total. The van der Waals surface area contributed by atoms with Crippen LogP contribution in [0.15, 0.2) is 29.2 Å². The molecule has 0 spiro atoms. The maximum absolute atomic E-state index is 10.2. The Morgan fingerprint density at radius 2 is 2.56 bits per heavy atom. The van der Waals surface area contributed by atoms with Crippen LogP contribution in [0.1, 0.15) is 0 Å². The highest BCUT2D eigenvalue weighted by Crippen LogP contribution is 1.90. The number of nitrogens with zero attached hydrogens (tertiary/aromatic N) is 1. The molecule has 0 saturated carbocycles. The Labute approximate surface area is 53.4 Å². The molecule has 0 aliphatic carbocycles. The number of rotatable bonds is 1. The summed E-state index contributed by atoms with van der Waals surface area (Å²) in [7, 11) is 0. The SMILES string of the molecule is [O]CC1=CN=CC=CN1. The van der Waals surface area contributed by atoms with Crippen molar-refractivity contribution < 1.29 is 5.11 Å². The quantitative estimate of drug-likeness (QED) is 0.540. The van der Waals surface area contributed by atoms with Gasteiger partial charge in [-0.05, 0) is 6.08 Å². The van der Waals surface area contributed by atoms with Gasteiger partial charge in [0.1, 0.15) is 6.61 Å².